The summed E-state index contributed by atoms with van der Waals surface area (Å²) in [5.41, 5.74) is 2.99. The Balaban J connectivity index is 1.48. The molecule has 0 saturated carbocycles. The van der Waals surface area contributed by atoms with Crippen LogP contribution in [0.3, 0.4) is 0 Å². The maximum absolute atomic E-state index is 12.9. The Kier molecular flexibility index (Phi) is 5.44. The van der Waals surface area contributed by atoms with Crippen LogP contribution >= 0.6 is 0 Å². The molecule has 0 radical (unpaired) electrons. The van der Waals surface area contributed by atoms with Crippen LogP contribution in [0.2, 0.25) is 0 Å². The molecule has 1 amide bonds. The Hall–Kier alpha value is -3.00. The average Bonchev–Trinajstić information content (AvgIpc) is 3.34. The highest BCUT2D eigenvalue weighted by Crippen LogP contribution is 2.13. The first-order valence-electron chi connectivity index (χ1n) is 9.93. The van der Waals surface area contributed by atoms with Gasteiger partial charge in [0.05, 0.1) is 6.10 Å². The minimum Gasteiger partial charge on any atom is -0.376 e. The largest absolute Gasteiger partial charge is 0.376 e. The summed E-state index contributed by atoms with van der Waals surface area (Å²) < 4.78 is 8.74. The number of hydrogen-bond acceptors (Lipinski definition) is 5. The van der Waals surface area contributed by atoms with Crippen LogP contribution in [0.4, 0.5) is 0 Å². The van der Waals surface area contributed by atoms with Gasteiger partial charge in [-0.25, -0.2) is 0 Å². The molecule has 152 valence electrons. The molecule has 4 rings (SSSR count). The zero-order valence-electron chi connectivity index (χ0n) is 16.7. The van der Waals surface area contributed by atoms with Crippen LogP contribution in [0.25, 0.3) is 11.3 Å². The fourth-order valence-corrected chi connectivity index (χ4v) is 3.75. The third kappa shape index (κ3) is 4.22. The molecule has 29 heavy (non-hydrogen) atoms. The number of aryl methyl sites for hydroxylation is 3. The van der Waals surface area contributed by atoms with Crippen molar-refractivity contribution in [3.8, 4) is 5.69 Å². The van der Waals surface area contributed by atoms with Gasteiger partial charge in [0.1, 0.15) is 5.82 Å². The van der Waals surface area contributed by atoms with Crippen molar-refractivity contribution in [2.45, 2.75) is 45.6 Å². The van der Waals surface area contributed by atoms with Crippen LogP contribution in [0, 0.1) is 13.8 Å². The van der Waals surface area contributed by atoms with E-state index in [0.717, 1.165) is 36.3 Å². The van der Waals surface area contributed by atoms with Gasteiger partial charge in [-0.1, -0.05) is 6.07 Å². The Bertz CT molecular complexity index is 1080. The molecule has 1 N–H and O–H groups in total. The Morgan fingerprint density at radius 1 is 1.21 bits per heavy atom. The average molecular weight is 395 g/mol. The summed E-state index contributed by atoms with van der Waals surface area (Å²) in [6.07, 6.45) is 6.34. The van der Waals surface area contributed by atoms with Gasteiger partial charge in [0, 0.05) is 44.1 Å². The van der Waals surface area contributed by atoms with Crippen LogP contribution in [0.15, 0.2) is 35.4 Å². The quantitative estimate of drug-likeness (QED) is 0.686. The highest BCUT2D eigenvalue weighted by atomic mass is 16.5. The Labute approximate surface area is 168 Å². The monoisotopic (exact) mass is 395 g/mol. The first-order valence-corrected chi connectivity index (χ1v) is 9.93. The molecule has 2 aromatic heterocycles. The molecule has 8 nitrogen and oxygen atoms in total. The number of aromatic nitrogens is 4. The summed E-state index contributed by atoms with van der Waals surface area (Å²) in [6.45, 7) is 5.31. The molecular formula is C21H25N5O3. The predicted molar refractivity (Wildman–Crippen MR) is 108 cm³/mol. The molecule has 3 heterocycles. The summed E-state index contributed by atoms with van der Waals surface area (Å²) in [7, 11) is 0. The molecule has 1 aromatic carbocycles. The summed E-state index contributed by atoms with van der Waals surface area (Å²) >= 11 is 0. The van der Waals surface area contributed by atoms with Crippen LogP contribution in [0.5, 0.6) is 0 Å². The normalized spacial score (nSPS) is 16.4. The van der Waals surface area contributed by atoms with E-state index in [9.17, 15) is 9.59 Å². The molecule has 1 atom stereocenters. The van der Waals surface area contributed by atoms with Crippen LogP contribution in [0.1, 0.15) is 36.2 Å². The fourth-order valence-electron chi connectivity index (χ4n) is 3.75. The van der Waals surface area contributed by atoms with E-state index >= 15 is 0 Å². The zero-order chi connectivity index (χ0) is 20.4. The van der Waals surface area contributed by atoms with Gasteiger partial charge in [0.15, 0.2) is 0 Å². The number of ether oxygens (including phenoxy) is 1. The van der Waals surface area contributed by atoms with Crippen molar-refractivity contribution >= 4 is 11.6 Å². The summed E-state index contributed by atoms with van der Waals surface area (Å²) in [4.78, 5) is 25.0. The van der Waals surface area contributed by atoms with Crippen LogP contribution in [-0.2, 0) is 16.0 Å². The minimum absolute atomic E-state index is 0.0548. The van der Waals surface area contributed by atoms with E-state index in [1.165, 1.54) is 0 Å². The van der Waals surface area contributed by atoms with Gasteiger partial charge in [-0.3, -0.25) is 18.6 Å². The lowest BCUT2D eigenvalue weighted by Gasteiger charge is -2.10. The van der Waals surface area contributed by atoms with E-state index in [1.54, 1.807) is 21.4 Å². The standard InChI is InChI=1S/C21H25N5O3/c1-14-10-15(2)12-16(11-14)25-7-8-26-18(23-24-20(26)21(25)28)5-6-19(27)22-13-17-4-3-9-29-17/h7-8,10-12,17H,3-6,9,13H2,1-2H3,(H,22,27). The number of nitrogens with one attached hydrogen (secondary N) is 1. The highest BCUT2D eigenvalue weighted by molar-refractivity contribution is 5.76. The minimum atomic E-state index is -0.237. The number of amides is 1. The van der Waals surface area contributed by atoms with Gasteiger partial charge < -0.3 is 10.1 Å². The van der Waals surface area contributed by atoms with Crippen molar-refractivity contribution in [2.75, 3.05) is 13.2 Å². The maximum atomic E-state index is 12.9. The summed E-state index contributed by atoms with van der Waals surface area (Å²) in [6, 6.07) is 5.98. The number of hydrogen-bond donors (Lipinski definition) is 1. The van der Waals surface area contributed by atoms with E-state index in [2.05, 4.69) is 21.6 Å². The summed E-state index contributed by atoms with van der Waals surface area (Å²) in [5.74, 6) is 0.540. The molecule has 0 aliphatic carbocycles. The molecule has 1 saturated heterocycles. The topological polar surface area (TPSA) is 90.5 Å². The second-order valence-electron chi connectivity index (χ2n) is 7.57. The molecule has 1 unspecified atom stereocenters. The van der Waals surface area contributed by atoms with Gasteiger partial charge in [0.2, 0.25) is 11.6 Å². The second-order valence-corrected chi connectivity index (χ2v) is 7.57. The van der Waals surface area contributed by atoms with Crippen molar-refractivity contribution in [2.24, 2.45) is 0 Å². The molecule has 0 bridgehead atoms. The lowest BCUT2D eigenvalue weighted by molar-refractivity contribution is -0.121. The van der Waals surface area contributed by atoms with E-state index in [0.29, 0.717) is 18.8 Å². The first-order chi connectivity index (χ1) is 14.0. The van der Waals surface area contributed by atoms with E-state index in [4.69, 9.17) is 4.74 Å². The SMILES string of the molecule is Cc1cc(C)cc(-n2ccn3c(CCC(=O)NCC4CCCO4)nnc3c2=O)c1. The number of benzene rings is 1. The van der Waals surface area contributed by atoms with Crippen molar-refractivity contribution in [1.29, 1.82) is 0 Å². The number of carbonyl (C=O) groups excluding carboxylic acids is 1. The van der Waals surface area contributed by atoms with Crippen molar-refractivity contribution in [3.05, 3.63) is 57.9 Å². The molecular weight excluding hydrogens is 370 g/mol. The maximum Gasteiger partial charge on any atom is 0.300 e. The van der Waals surface area contributed by atoms with Gasteiger partial charge in [-0.15, -0.1) is 10.2 Å². The smallest absolute Gasteiger partial charge is 0.300 e. The second kappa shape index (κ2) is 8.16. The number of nitrogens with zero attached hydrogens (tertiary/aromatic N) is 4. The van der Waals surface area contributed by atoms with E-state index < -0.39 is 0 Å². The van der Waals surface area contributed by atoms with Gasteiger partial charge in [-0.2, -0.15) is 0 Å². The van der Waals surface area contributed by atoms with Gasteiger partial charge in [0.25, 0.3) is 0 Å². The number of fused-ring (bicyclic) bond motifs is 1. The highest BCUT2D eigenvalue weighted by Gasteiger charge is 2.17. The molecule has 0 spiro atoms. The zero-order valence-corrected chi connectivity index (χ0v) is 16.7. The third-order valence-corrected chi connectivity index (χ3v) is 5.15. The molecule has 1 aliphatic heterocycles. The number of rotatable bonds is 6. The predicted octanol–water partition coefficient (Wildman–Crippen LogP) is 1.72. The van der Waals surface area contributed by atoms with Crippen molar-refractivity contribution < 1.29 is 9.53 Å². The van der Waals surface area contributed by atoms with Crippen molar-refractivity contribution in [1.82, 2.24) is 24.5 Å². The molecule has 1 fully saturated rings. The van der Waals surface area contributed by atoms with Crippen LogP contribution in [-0.4, -0.2) is 44.3 Å². The molecule has 3 aromatic rings. The fraction of sp³-hybridized carbons (Fsp3) is 0.429. The lowest BCUT2D eigenvalue weighted by Crippen LogP contribution is -2.32. The Morgan fingerprint density at radius 3 is 2.72 bits per heavy atom. The van der Waals surface area contributed by atoms with Crippen molar-refractivity contribution in [3.63, 3.8) is 0 Å². The summed E-state index contributed by atoms with van der Waals surface area (Å²) in [5, 5.41) is 11.1. The van der Waals surface area contributed by atoms with E-state index in [-0.39, 0.29) is 29.6 Å². The van der Waals surface area contributed by atoms with Gasteiger partial charge >= 0.3 is 5.56 Å². The van der Waals surface area contributed by atoms with Gasteiger partial charge in [-0.05, 0) is 49.9 Å². The molecule has 8 heteroatoms. The lowest BCUT2D eigenvalue weighted by atomic mass is 10.1. The first kappa shape index (κ1) is 19.3. The number of carbonyl (C=O) groups is 1. The third-order valence-electron chi connectivity index (χ3n) is 5.15. The van der Waals surface area contributed by atoms with Crippen LogP contribution < -0.4 is 10.9 Å². The Morgan fingerprint density at radius 2 is 2.00 bits per heavy atom. The van der Waals surface area contributed by atoms with E-state index in [1.807, 2.05) is 26.0 Å². The molecule has 1 aliphatic rings.